The minimum Gasteiger partial charge on any atom is -0.383 e. The lowest BCUT2D eigenvalue weighted by Crippen LogP contribution is -2.04. The average molecular weight is 528 g/mol. The van der Waals surface area contributed by atoms with Crippen LogP contribution in [0, 0.1) is 23.3 Å². The molecule has 0 atom stereocenters. The summed E-state index contributed by atoms with van der Waals surface area (Å²) in [6.45, 7) is 0. The summed E-state index contributed by atoms with van der Waals surface area (Å²) in [5, 5.41) is 0. The van der Waals surface area contributed by atoms with E-state index in [1.807, 2.05) is 0 Å². The lowest BCUT2D eigenvalue weighted by molar-refractivity contribution is 0.481. The van der Waals surface area contributed by atoms with Crippen molar-refractivity contribution in [2.45, 2.75) is 11.3 Å². The predicted octanol–water partition coefficient (Wildman–Crippen LogP) is 4.59. The fourth-order valence-electron chi connectivity index (χ4n) is 3.93. The summed E-state index contributed by atoms with van der Waals surface area (Å²) >= 11 is 0. The van der Waals surface area contributed by atoms with Crippen molar-refractivity contribution >= 4 is 21.2 Å². The molecular weight excluding hydrogens is 510 g/mol. The molecule has 188 valence electrons. The summed E-state index contributed by atoms with van der Waals surface area (Å²) in [4.78, 5) is 13.1. The summed E-state index contributed by atoms with van der Waals surface area (Å²) in [5.41, 5.74) is 6.91. The van der Waals surface area contributed by atoms with Crippen molar-refractivity contribution in [1.82, 2.24) is 19.4 Å². The van der Waals surface area contributed by atoms with Gasteiger partial charge < -0.3 is 5.73 Å². The van der Waals surface area contributed by atoms with Crippen LogP contribution in [0.3, 0.4) is 0 Å². The summed E-state index contributed by atoms with van der Waals surface area (Å²) in [7, 11) is -3.46. The van der Waals surface area contributed by atoms with Gasteiger partial charge in [0.2, 0.25) is 0 Å². The van der Waals surface area contributed by atoms with Gasteiger partial charge in [-0.3, -0.25) is 4.40 Å². The summed E-state index contributed by atoms with van der Waals surface area (Å²) in [5.74, 6) is -4.14. The van der Waals surface area contributed by atoms with E-state index in [1.165, 1.54) is 34.9 Å². The monoisotopic (exact) mass is 527 g/mol. The molecule has 5 rings (SSSR count). The van der Waals surface area contributed by atoms with Crippen LogP contribution in [0.1, 0.15) is 11.4 Å². The quantitative estimate of drug-likeness (QED) is 0.265. The number of imidazole rings is 1. The second kappa shape index (κ2) is 8.96. The molecule has 37 heavy (non-hydrogen) atoms. The molecule has 0 fully saturated rings. The molecule has 5 aromatic rings. The van der Waals surface area contributed by atoms with Gasteiger partial charge in [0, 0.05) is 36.2 Å². The number of anilines is 1. The van der Waals surface area contributed by atoms with E-state index < -0.39 is 45.1 Å². The Labute approximate surface area is 208 Å². The smallest absolute Gasteiger partial charge is 0.182 e. The Kier molecular flexibility index (Phi) is 5.91. The Balaban J connectivity index is 1.61. The molecule has 7 nitrogen and oxygen atoms in total. The van der Waals surface area contributed by atoms with Crippen LogP contribution >= 0.6 is 0 Å². The minimum atomic E-state index is -3.46. The highest BCUT2D eigenvalue weighted by Gasteiger charge is 2.21. The number of pyridine rings is 1. The van der Waals surface area contributed by atoms with Crippen molar-refractivity contribution in [3.8, 4) is 22.6 Å². The number of hydrogen-bond acceptors (Lipinski definition) is 6. The number of nitrogens with two attached hydrogens (primary N) is 1. The topological polar surface area (TPSA) is 103 Å². The van der Waals surface area contributed by atoms with Gasteiger partial charge in [0.05, 0.1) is 10.4 Å². The molecule has 3 aromatic heterocycles. The van der Waals surface area contributed by atoms with E-state index in [0.29, 0.717) is 22.7 Å². The van der Waals surface area contributed by atoms with Crippen molar-refractivity contribution in [2.75, 3.05) is 12.0 Å². The number of sulfone groups is 1. The van der Waals surface area contributed by atoms with Gasteiger partial charge in [-0.25, -0.2) is 40.9 Å². The first-order chi connectivity index (χ1) is 17.5. The largest absolute Gasteiger partial charge is 0.383 e. The van der Waals surface area contributed by atoms with E-state index in [0.717, 1.165) is 18.5 Å². The third kappa shape index (κ3) is 4.51. The maximum absolute atomic E-state index is 14.3. The van der Waals surface area contributed by atoms with Crippen LogP contribution in [0.15, 0.2) is 65.8 Å². The Bertz CT molecular complexity index is 1810. The van der Waals surface area contributed by atoms with Crippen molar-refractivity contribution in [1.29, 1.82) is 0 Å². The number of nitrogen functional groups attached to an aromatic ring is 1. The molecule has 0 bridgehead atoms. The first-order valence-electron chi connectivity index (χ1n) is 10.7. The van der Waals surface area contributed by atoms with Gasteiger partial charge in [0.15, 0.2) is 27.3 Å². The summed E-state index contributed by atoms with van der Waals surface area (Å²) in [6, 6.07) is 10.1. The lowest BCUT2D eigenvalue weighted by Gasteiger charge is -2.08. The first kappa shape index (κ1) is 24.4. The lowest BCUT2D eigenvalue weighted by atomic mass is 10.1. The molecule has 12 heteroatoms. The molecule has 0 aliphatic rings. The van der Waals surface area contributed by atoms with E-state index >= 15 is 0 Å². The van der Waals surface area contributed by atoms with Gasteiger partial charge in [-0.15, -0.1) is 0 Å². The van der Waals surface area contributed by atoms with Crippen LogP contribution < -0.4 is 5.73 Å². The van der Waals surface area contributed by atoms with E-state index in [1.54, 1.807) is 12.1 Å². The fourth-order valence-corrected chi connectivity index (χ4v) is 4.59. The normalized spacial score (nSPS) is 11.8. The zero-order chi connectivity index (χ0) is 26.5. The number of hydrogen-bond donors (Lipinski definition) is 1. The minimum absolute atomic E-state index is 0.0139. The molecule has 0 radical (unpaired) electrons. The van der Waals surface area contributed by atoms with E-state index in [2.05, 4.69) is 15.0 Å². The number of benzene rings is 2. The Morgan fingerprint density at radius 2 is 1.73 bits per heavy atom. The molecule has 0 saturated carbocycles. The molecule has 2 N–H and O–H groups in total. The Hall–Kier alpha value is -4.32. The number of aromatic nitrogens is 4. The van der Waals surface area contributed by atoms with Crippen LogP contribution in [-0.2, 0) is 16.3 Å². The first-order valence-corrected chi connectivity index (χ1v) is 12.6. The molecule has 3 heterocycles. The third-order valence-electron chi connectivity index (χ3n) is 5.75. The van der Waals surface area contributed by atoms with E-state index in [9.17, 15) is 26.0 Å². The zero-order valence-electron chi connectivity index (χ0n) is 19.1. The third-order valence-corrected chi connectivity index (χ3v) is 6.86. The SMILES string of the molecule is CS(=O)(=O)c1cccc(-c2cnc(-c3nc(Cc4c(F)ccc(F)c4F)n4cc(F)ccc34)nc2N)c1. The zero-order valence-corrected chi connectivity index (χ0v) is 19.9. The van der Waals surface area contributed by atoms with Crippen LogP contribution in [0.2, 0.25) is 0 Å². The van der Waals surface area contributed by atoms with Gasteiger partial charge in [-0.2, -0.15) is 0 Å². The highest BCUT2D eigenvalue weighted by molar-refractivity contribution is 7.90. The van der Waals surface area contributed by atoms with Gasteiger partial charge in [0.1, 0.15) is 29.0 Å². The Morgan fingerprint density at radius 3 is 2.46 bits per heavy atom. The maximum Gasteiger partial charge on any atom is 0.182 e. The maximum atomic E-state index is 14.3. The second-order valence-electron chi connectivity index (χ2n) is 8.27. The molecule has 0 unspecified atom stereocenters. The highest BCUT2D eigenvalue weighted by Crippen LogP contribution is 2.30. The van der Waals surface area contributed by atoms with Gasteiger partial charge in [0.25, 0.3) is 0 Å². The number of halogens is 4. The summed E-state index contributed by atoms with van der Waals surface area (Å²) in [6.07, 6.45) is 3.07. The van der Waals surface area contributed by atoms with Crippen molar-refractivity contribution in [3.63, 3.8) is 0 Å². The predicted molar refractivity (Wildman–Crippen MR) is 128 cm³/mol. The van der Waals surface area contributed by atoms with Gasteiger partial charge in [-0.05, 0) is 42.0 Å². The van der Waals surface area contributed by atoms with Crippen molar-refractivity contribution in [3.05, 3.63) is 95.6 Å². The number of nitrogens with zero attached hydrogens (tertiary/aromatic N) is 4. The standard InChI is InChI=1S/C25H17F4N5O2S/c1-37(35,36)15-4-2-3-13(9-15)17-11-31-25(33-24(17)30)23-20-8-5-14(26)12-34(20)21(32-23)10-16-18(27)6-7-19(28)22(16)29/h2-9,11-12H,10H2,1H3,(H2,30,31,33). The van der Waals surface area contributed by atoms with Gasteiger partial charge in [-0.1, -0.05) is 12.1 Å². The van der Waals surface area contributed by atoms with E-state index in [4.69, 9.17) is 5.73 Å². The van der Waals surface area contributed by atoms with Crippen LogP contribution in [0.5, 0.6) is 0 Å². The van der Waals surface area contributed by atoms with Crippen LogP contribution in [0.4, 0.5) is 23.4 Å². The Morgan fingerprint density at radius 1 is 0.973 bits per heavy atom. The average Bonchev–Trinajstić information content (AvgIpc) is 3.21. The van der Waals surface area contributed by atoms with Crippen molar-refractivity contribution in [2.24, 2.45) is 0 Å². The second-order valence-corrected chi connectivity index (χ2v) is 10.3. The van der Waals surface area contributed by atoms with Crippen LogP contribution in [0.25, 0.3) is 28.2 Å². The highest BCUT2D eigenvalue weighted by atomic mass is 32.2. The molecule has 2 aromatic carbocycles. The molecular formula is C25H17F4N5O2S. The number of rotatable bonds is 5. The molecule has 0 amide bonds. The molecule has 0 aliphatic heterocycles. The summed E-state index contributed by atoms with van der Waals surface area (Å²) < 4.78 is 81.5. The fraction of sp³-hybridized carbons (Fsp3) is 0.0800. The van der Waals surface area contributed by atoms with Crippen molar-refractivity contribution < 1.29 is 26.0 Å². The van der Waals surface area contributed by atoms with Crippen LogP contribution in [-0.4, -0.2) is 34.0 Å². The molecule has 0 saturated heterocycles. The molecule has 0 spiro atoms. The number of fused-ring (bicyclic) bond motifs is 1. The van der Waals surface area contributed by atoms with E-state index in [-0.39, 0.29) is 28.1 Å². The van der Waals surface area contributed by atoms with Gasteiger partial charge >= 0.3 is 0 Å². The molecule has 0 aliphatic carbocycles.